The molecule has 0 bridgehead atoms. The Kier molecular flexibility index (Phi) is 4.36. The number of carbonyl (C=O) groups is 1. The lowest BCUT2D eigenvalue weighted by atomic mass is 10.2. The van der Waals surface area contributed by atoms with Gasteiger partial charge in [0.05, 0.1) is 13.1 Å². The third kappa shape index (κ3) is 3.73. The number of benzene rings is 2. The fourth-order valence-electron chi connectivity index (χ4n) is 2.22. The number of thioether (sulfide) groups is 1. The summed E-state index contributed by atoms with van der Waals surface area (Å²) in [5, 5.41) is 0.991. The summed E-state index contributed by atoms with van der Waals surface area (Å²) in [7, 11) is 0. The van der Waals surface area contributed by atoms with Crippen LogP contribution in [-0.2, 0) is 17.9 Å². The molecule has 0 spiro atoms. The van der Waals surface area contributed by atoms with Crippen LogP contribution in [0.2, 0.25) is 0 Å². The molecule has 3 nitrogen and oxygen atoms in total. The van der Waals surface area contributed by atoms with Crippen LogP contribution in [0, 0.1) is 0 Å². The SMILES string of the molecule is O=C1CN(Cc2ccccc2)C(=NCc2ccccc2)S1. The van der Waals surface area contributed by atoms with Crippen LogP contribution in [0.4, 0.5) is 0 Å². The Balaban J connectivity index is 1.72. The quantitative estimate of drug-likeness (QED) is 0.867. The first-order valence-corrected chi connectivity index (χ1v) is 7.71. The van der Waals surface area contributed by atoms with Gasteiger partial charge in [0.2, 0.25) is 5.12 Å². The molecule has 4 heteroatoms. The third-order valence-electron chi connectivity index (χ3n) is 3.25. The highest BCUT2D eigenvalue weighted by Gasteiger charge is 2.26. The predicted octanol–water partition coefficient (Wildman–Crippen LogP) is 3.32. The van der Waals surface area contributed by atoms with E-state index in [1.54, 1.807) is 0 Å². The van der Waals surface area contributed by atoms with E-state index in [1.807, 2.05) is 53.4 Å². The molecule has 1 fully saturated rings. The smallest absolute Gasteiger partial charge is 0.215 e. The fourth-order valence-corrected chi connectivity index (χ4v) is 3.04. The number of rotatable bonds is 4. The van der Waals surface area contributed by atoms with Crippen LogP contribution in [0.25, 0.3) is 0 Å². The Morgan fingerprint density at radius 2 is 1.57 bits per heavy atom. The van der Waals surface area contributed by atoms with E-state index in [0.29, 0.717) is 13.1 Å². The first-order chi connectivity index (χ1) is 10.3. The number of carbonyl (C=O) groups excluding carboxylic acids is 1. The zero-order valence-corrected chi connectivity index (χ0v) is 12.4. The minimum Gasteiger partial charge on any atom is -0.339 e. The van der Waals surface area contributed by atoms with Crippen molar-refractivity contribution < 1.29 is 4.79 Å². The van der Waals surface area contributed by atoms with Crippen LogP contribution < -0.4 is 0 Å². The van der Waals surface area contributed by atoms with Gasteiger partial charge in [-0.25, -0.2) is 0 Å². The maximum atomic E-state index is 11.7. The lowest BCUT2D eigenvalue weighted by Crippen LogP contribution is -2.24. The minimum absolute atomic E-state index is 0.165. The van der Waals surface area contributed by atoms with Crippen LogP contribution in [0.15, 0.2) is 65.7 Å². The van der Waals surface area contributed by atoms with Crippen molar-refractivity contribution in [3.05, 3.63) is 71.8 Å². The van der Waals surface area contributed by atoms with E-state index in [-0.39, 0.29) is 5.12 Å². The summed E-state index contributed by atoms with van der Waals surface area (Å²) in [5.74, 6) is 0. The molecular weight excluding hydrogens is 280 g/mol. The first kappa shape index (κ1) is 13.9. The second kappa shape index (κ2) is 6.59. The molecule has 1 aliphatic heterocycles. The van der Waals surface area contributed by atoms with Crippen molar-refractivity contribution in [2.75, 3.05) is 6.54 Å². The van der Waals surface area contributed by atoms with Gasteiger partial charge in [-0.1, -0.05) is 60.7 Å². The van der Waals surface area contributed by atoms with E-state index in [4.69, 9.17) is 0 Å². The van der Waals surface area contributed by atoms with E-state index in [9.17, 15) is 4.79 Å². The van der Waals surface area contributed by atoms with Gasteiger partial charge in [-0.2, -0.15) is 0 Å². The number of hydrogen-bond donors (Lipinski definition) is 0. The van der Waals surface area contributed by atoms with Crippen molar-refractivity contribution in [1.29, 1.82) is 0 Å². The maximum Gasteiger partial charge on any atom is 0.215 e. The number of nitrogens with zero attached hydrogens (tertiary/aromatic N) is 2. The molecule has 3 rings (SSSR count). The van der Waals surface area contributed by atoms with E-state index in [1.165, 1.54) is 17.3 Å². The summed E-state index contributed by atoms with van der Waals surface area (Å²) in [5.41, 5.74) is 2.35. The Hall–Kier alpha value is -2.07. The molecule has 0 N–H and O–H groups in total. The van der Waals surface area contributed by atoms with Gasteiger partial charge >= 0.3 is 0 Å². The summed E-state index contributed by atoms with van der Waals surface area (Å²) >= 11 is 1.25. The van der Waals surface area contributed by atoms with E-state index >= 15 is 0 Å². The lowest BCUT2D eigenvalue weighted by Gasteiger charge is -2.16. The summed E-state index contributed by atoms with van der Waals surface area (Å²) in [6.07, 6.45) is 0. The number of aliphatic imine (C=N–C) groups is 1. The van der Waals surface area contributed by atoms with E-state index < -0.39 is 0 Å². The average Bonchev–Trinajstić information content (AvgIpc) is 2.87. The molecule has 0 radical (unpaired) electrons. The molecule has 2 aromatic rings. The van der Waals surface area contributed by atoms with Crippen LogP contribution in [0.5, 0.6) is 0 Å². The van der Waals surface area contributed by atoms with Gasteiger partial charge in [0.1, 0.15) is 0 Å². The summed E-state index contributed by atoms with van der Waals surface area (Å²) < 4.78 is 0. The highest BCUT2D eigenvalue weighted by molar-refractivity contribution is 8.26. The van der Waals surface area contributed by atoms with Crippen molar-refractivity contribution in [3.8, 4) is 0 Å². The molecule has 106 valence electrons. The Labute approximate surface area is 128 Å². The predicted molar refractivity (Wildman–Crippen MR) is 87.0 cm³/mol. The van der Waals surface area contributed by atoms with Gasteiger partial charge < -0.3 is 4.90 Å². The van der Waals surface area contributed by atoms with Gasteiger partial charge in [-0.3, -0.25) is 9.79 Å². The summed E-state index contributed by atoms with van der Waals surface area (Å²) in [6.45, 7) is 1.78. The highest BCUT2D eigenvalue weighted by Crippen LogP contribution is 2.22. The Morgan fingerprint density at radius 1 is 0.952 bits per heavy atom. The molecule has 0 aromatic heterocycles. The summed E-state index contributed by atoms with van der Waals surface area (Å²) in [4.78, 5) is 18.4. The molecule has 0 unspecified atom stereocenters. The fraction of sp³-hybridized carbons (Fsp3) is 0.176. The van der Waals surface area contributed by atoms with Gasteiger partial charge in [0.15, 0.2) is 5.17 Å². The van der Waals surface area contributed by atoms with Crippen molar-refractivity contribution in [2.24, 2.45) is 4.99 Å². The van der Waals surface area contributed by atoms with Crippen LogP contribution in [-0.4, -0.2) is 21.7 Å². The minimum atomic E-state index is 0.165. The van der Waals surface area contributed by atoms with Crippen LogP contribution in [0.1, 0.15) is 11.1 Å². The van der Waals surface area contributed by atoms with Crippen molar-refractivity contribution >= 4 is 22.0 Å². The second-order valence-corrected chi connectivity index (χ2v) is 5.92. The van der Waals surface area contributed by atoms with E-state index in [0.717, 1.165) is 17.3 Å². The zero-order chi connectivity index (χ0) is 14.5. The Bertz CT molecular complexity index is 640. The monoisotopic (exact) mass is 296 g/mol. The topological polar surface area (TPSA) is 32.7 Å². The number of hydrogen-bond acceptors (Lipinski definition) is 3. The van der Waals surface area contributed by atoms with Crippen molar-refractivity contribution in [3.63, 3.8) is 0 Å². The molecule has 0 atom stereocenters. The van der Waals surface area contributed by atoms with Crippen LogP contribution >= 0.6 is 11.8 Å². The van der Waals surface area contributed by atoms with Crippen LogP contribution in [0.3, 0.4) is 0 Å². The largest absolute Gasteiger partial charge is 0.339 e. The van der Waals surface area contributed by atoms with E-state index in [2.05, 4.69) is 17.1 Å². The third-order valence-corrected chi connectivity index (χ3v) is 4.18. The van der Waals surface area contributed by atoms with Gasteiger partial charge in [-0.05, 0) is 22.9 Å². The van der Waals surface area contributed by atoms with Gasteiger partial charge in [0, 0.05) is 6.54 Å². The normalized spacial score (nSPS) is 16.7. The molecule has 2 aromatic carbocycles. The first-order valence-electron chi connectivity index (χ1n) is 6.89. The van der Waals surface area contributed by atoms with Crippen molar-refractivity contribution in [1.82, 2.24) is 4.90 Å². The molecule has 0 amide bonds. The summed E-state index contributed by atoms with van der Waals surface area (Å²) in [6, 6.07) is 20.3. The maximum absolute atomic E-state index is 11.7. The molecule has 21 heavy (non-hydrogen) atoms. The molecule has 1 aliphatic rings. The number of amidine groups is 1. The molecule has 0 saturated carbocycles. The molecular formula is C17H16N2OS. The Morgan fingerprint density at radius 3 is 2.24 bits per heavy atom. The molecule has 1 heterocycles. The molecule has 1 saturated heterocycles. The van der Waals surface area contributed by atoms with Gasteiger partial charge in [0.25, 0.3) is 0 Å². The zero-order valence-electron chi connectivity index (χ0n) is 11.6. The second-order valence-electron chi connectivity index (χ2n) is 4.90. The highest BCUT2D eigenvalue weighted by atomic mass is 32.2. The van der Waals surface area contributed by atoms with Crippen molar-refractivity contribution in [2.45, 2.75) is 13.1 Å². The average molecular weight is 296 g/mol. The lowest BCUT2D eigenvalue weighted by molar-refractivity contribution is -0.110. The standard InChI is InChI=1S/C17H16N2OS/c20-16-13-19(12-15-9-5-2-6-10-15)17(21-16)18-11-14-7-3-1-4-8-14/h1-10H,11-13H2. The van der Waals surface area contributed by atoms with Gasteiger partial charge in [-0.15, -0.1) is 0 Å². The molecule has 0 aliphatic carbocycles.